The number of amides is 2. The first-order valence-electron chi connectivity index (χ1n) is 10.2. The summed E-state index contributed by atoms with van der Waals surface area (Å²) in [6.07, 6.45) is 5.30. The summed E-state index contributed by atoms with van der Waals surface area (Å²) in [6, 6.07) is 7.73. The number of anilines is 1. The van der Waals surface area contributed by atoms with Crippen molar-refractivity contribution in [3.63, 3.8) is 0 Å². The first-order chi connectivity index (χ1) is 13.5. The van der Waals surface area contributed by atoms with Crippen molar-refractivity contribution < 1.29 is 9.59 Å². The Balaban J connectivity index is 1.93. The number of hydrogen-bond acceptors (Lipinski definition) is 4. The van der Waals surface area contributed by atoms with E-state index in [1.54, 1.807) is 9.80 Å². The van der Waals surface area contributed by atoms with E-state index in [0.29, 0.717) is 33.8 Å². The second-order valence-electron chi connectivity index (χ2n) is 7.38. The van der Waals surface area contributed by atoms with E-state index >= 15 is 0 Å². The quantitative estimate of drug-likeness (QED) is 0.430. The van der Waals surface area contributed by atoms with E-state index in [2.05, 4.69) is 20.8 Å². The number of hydrogen-bond donors (Lipinski definition) is 0. The van der Waals surface area contributed by atoms with Gasteiger partial charge in [0, 0.05) is 18.7 Å². The summed E-state index contributed by atoms with van der Waals surface area (Å²) < 4.78 is 0.571. The Morgan fingerprint density at radius 2 is 1.79 bits per heavy atom. The molecule has 1 aromatic rings. The maximum Gasteiger partial charge on any atom is 0.267 e. The van der Waals surface area contributed by atoms with Gasteiger partial charge in [-0.05, 0) is 24.8 Å². The van der Waals surface area contributed by atoms with Crippen molar-refractivity contribution >= 4 is 51.4 Å². The number of para-hydroxylation sites is 1. The number of thiocarbonyl (C=S) groups is 1. The Morgan fingerprint density at radius 1 is 1.04 bits per heavy atom. The Labute approximate surface area is 177 Å². The molecule has 1 unspecified atom stereocenters. The lowest BCUT2D eigenvalue weighted by molar-refractivity contribution is -0.123. The molecule has 0 aromatic heterocycles. The molecule has 0 spiro atoms. The van der Waals surface area contributed by atoms with Gasteiger partial charge in [0.1, 0.15) is 4.32 Å². The van der Waals surface area contributed by atoms with Crippen LogP contribution in [-0.4, -0.2) is 34.1 Å². The molecular weight excluding hydrogens is 388 g/mol. The third-order valence-electron chi connectivity index (χ3n) is 5.43. The molecule has 4 nitrogen and oxygen atoms in total. The molecule has 1 saturated heterocycles. The summed E-state index contributed by atoms with van der Waals surface area (Å²) >= 11 is 6.82. The van der Waals surface area contributed by atoms with Crippen molar-refractivity contribution in [3.8, 4) is 0 Å². The van der Waals surface area contributed by atoms with Crippen molar-refractivity contribution in [1.82, 2.24) is 4.90 Å². The molecule has 1 fully saturated rings. The van der Waals surface area contributed by atoms with Crippen LogP contribution in [0.3, 0.4) is 0 Å². The predicted octanol–water partition coefficient (Wildman–Crippen LogP) is 5.23. The molecule has 28 heavy (non-hydrogen) atoms. The third-order valence-corrected chi connectivity index (χ3v) is 6.88. The lowest BCUT2D eigenvalue weighted by Crippen LogP contribution is -2.33. The molecule has 2 heterocycles. The Bertz CT molecular complexity index is 819. The van der Waals surface area contributed by atoms with Gasteiger partial charge in [-0.2, -0.15) is 0 Å². The van der Waals surface area contributed by atoms with Gasteiger partial charge in [0.05, 0.1) is 16.2 Å². The van der Waals surface area contributed by atoms with Crippen LogP contribution in [0.15, 0.2) is 29.2 Å². The number of fused-ring (bicyclic) bond motifs is 1. The number of unbranched alkanes of at least 4 members (excludes halogenated alkanes) is 1. The SMILES string of the molecule is CCCCC(CC)CN1C(=O)C(=C2C(=O)N(CCC)c3ccccc32)SC1=S. The smallest absolute Gasteiger partial charge is 0.267 e. The molecule has 150 valence electrons. The minimum atomic E-state index is -0.110. The van der Waals surface area contributed by atoms with Gasteiger partial charge in [-0.15, -0.1) is 0 Å². The molecule has 0 aliphatic carbocycles. The Kier molecular flexibility index (Phi) is 6.94. The molecule has 2 aliphatic rings. The summed E-state index contributed by atoms with van der Waals surface area (Å²) in [5.74, 6) is 0.248. The summed E-state index contributed by atoms with van der Waals surface area (Å²) in [6.45, 7) is 7.69. The van der Waals surface area contributed by atoms with Gasteiger partial charge in [0.2, 0.25) is 0 Å². The highest BCUT2D eigenvalue weighted by molar-refractivity contribution is 8.26. The number of thioether (sulfide) groups is 1. The normalized spacial score (nSPS) is 20.3. The van der Waals surface area contributed by atoms with Gasteiger partial charge in [0.15, 0.2) is 0 Å². The van der Waals surface area contributed by atoms with E-state index in [1.807, 2.05) is 24.3 Å². The summed E-state index contributed by atoms with van der Waals surface area (Å²) in [5.41, 5.74) is 2.26. The van der Waals surface area contributed by atoms with E-state index in [4.69, 9.17) is 12.2 Å². The molecular formula is C22H28N2O2S2. The highest BCUT2D eigenvalue weighted by Gasteiger charge is 2.42. The third kappa shape index (κ3) is 3.90. The topological polar surface area (TPSA) is 40.6 Å². The van der Waals surface area contributed by atoms with Crippen LogP contribution in [0, 0.1) is 5.92 Å². The van der Waals surface area contributed by atoms with Crippen LogP contribution in [-0.2, 0) is 9.59 Å². The fourth-order valence-electron chi connectivity index (χ4n) is 3.83. The van der Waals surface area contributed by atoms with Crippen LogP contribution >= 0.6 is 24.0 Å². The minimum absolute atomic E-state index is 0.0819. The van der Waals surface area contributed by atoms with Gasteiger partial charge >= 0.3 is 0 Å². The average Bonchev–Trinajstić information content (AvgIpc) is 3.13. The van der Waals surface area contributed by atoms with Crippen LogP contribution in [0.4, 0.5) is 5.69 Å². The van der Waals surface area contributed by atoms with Crippen molar-refractivity contribution in [2.75, 3.05) is 18.0 Å². The summed E-state index contributed by atoms with van der Waals surface area (Å²) in [4.78, 5) is 30.4. The van der Waals surface area contributed by atoms with Gasteiger partial charge in [-0.3, -0.25) is 14.5 Å². The highest BCUT2D eigenvalue weighted by atomic mass is 32.2. The molecule has 6 heteroatoms. The van der Waals surface area contributed by atoms with Crippen molar-refractivity contribution in [2.45, 2.75) is 52.9 Å². The maximum atomic E-state index is 13.2. The van der Waals surface area contributed by atoms with Gasteiger partial charge in [-0.25, -0.2) is 0 Å². The van der Waals surface area contributed by atoms with E-state index in [9.17, 15) is 9.59 Å². The fraction of sp³-hybridized carbons (Fsp3) is 0.500. The number of benzene rings is 1. The van der Waals surface area contributed by atoms with Crippen LogP contribution in [0.1, 0.15) is 58.4 Å². The van der Waals surface area contributed by atoms with Gasteiger partial charge < -0.3 is 4.90 Å². The lowest BCUT2D eigenvalue weighted by atomic mass is 9.98. The molecule has 1 atom stereocenters. The molecule has 0 saturated carbocycles. The summed E-state index contributed by atoms with van der Waals surface area (Å²) in [7, 11) is 0. The molecule has 2 amide bonds. The lowest BCUT2D eigenvalue weighted by Gasteiger charge is -2.21. The minimum Gasteiger partial charge on any atom is -0.308 e. The maximum absolute atomic E-state index is 13.2. The molecule has 0 N–H and O–H groups in total. The predicted molar refractivity (Wildman–Crippen MR) is 121 cm³/mol. The Hall–Kier alpha value is -1.66. The standard InChI is InChI=1S/C22H28N2O2S2/c1-4-7-10-15(6-3)14-24-21(26)19(28-22(24)27)18-16-11-8-9-12-17(16)23(13-5-2)20(18)25/h8-9,11-12,15H,4-7,10,13-14H2,1-3H3. The second kappa shape index (κ2) is 9.23. The monoisotopic (exact) mass is 416 g/mol. The zero-order chi connectivity index (χ0) is 20.3. The molecule has 3 rings (SSSR count). The fourth-order valence-corrected chi connectivity index (χ4v) is 5.17. The average molecular weight is 417 g/mol. The molecule has 0 radical (unpaired) electrons. The zero-order valence-electron chi connectivity index (χ0n) is 16.9. The van der Waals surface area contributed by atoms with Crippen LogP contribution in [0.2, 0.25) is 0 Å². The number of carbonyl (C=O) groups excluding carboxylic acids is 2. The van der Waals surface area contributed by atoms with E-state index in [1.165, 1.54) is 11.8 Å². The Morgan fingerprint density at radius 3 is 2.46 bits per heavy atom. The number of rotatable bonds is 8. The van der Waals surface area contributed by atoms with Crippen molar-refractivity contribution in [3.05, 3.63) is 34.7 Å². The van der Waals surface area contributed by atoms with E-state index < -0.39 is 0 Å². The number of carbonyl (C=O) groups is 2. The van der Waals surface area contributed by atoms with Crippen molar-refractivity contribution in [1.29, 1.82) is 0 Å². The van der Waals surface area contributed by atoms with E-state index in [-0.39, 0.29) is 11.8 Å². The second-order valence-corrected chi connectivity index (χ2v) is 9.02. The highest BCUT2D eigenvalue weighted by Crippen LogP contribution is 2.44. The molecule has 0 bridgehead atoms. The van der Waals surface area contributed by atoms with Crippen LogP contribution in [0.5, 0.6) is 0 Å². The van der Waals surface area contributed by atoms with Crippen LogP contribution in [0.25, 0.3) is 5.57 Å². The first-order valence-corrected chi connectivity index (χ1v) is 11.4. The molecule has 1 aromatic carbocycles. The zero-order valence-corrected chi connectivity index (χ0v) is 18.5. The first kappa shape index (κ1) is 21.1. The summed E-state index contributed by atoms with van der Waals surface area (Å²) in [5, 5.41) is 0. The van der Waals surface area contributed by atoms with Gasteiger partial charge in [0.25, 0.3) is 11.8 Å². The van der Waals surface area contributed by atoms with Gasteiger partial charge in [-0.1, -0.05) is 82.2 Å². The number of nitrogens with zero attached hydrogens (tertiary/aromatic N) is 2. The largest absolute Gasteiger partial charge is 0.308 e. The van der Waals surface area contributed by atoms with Crippen molar-refractivity contribution in [2.24, 2.45) is 5.92 Å². The van der Waals surface area contributed by atoms with Crippen LogP contribution < -0.4 is 4.90 Å². The molecule has 2 aliphatic heterocycles. The van der Waals surface area contributed by atoms with E-state index in [0.717, 1.165) is 43.4 Å².